The van der Waals surface area contributed by atoms with Crippen molar-refractivity contribution in [1.82, 2.24) is 4.98 Å². The average molecular weight is 326 g/mol. The summed E-state index contributed by atoms with van der Waals surface area (Å²) in [7, 11) is 0. The molecule has 0 unspecified atom stereocenters. The molecule has 2 heterocycles. The van der Waals surface area contributed by atoms with Gasteiger partial charge in [0.05, 0.1) is 12.3 Å². The maximum atomic E-state index is 12.3. The van der Waals surface area contributed by atoms with E-state index in [2.05, 4.69) is 10.3 Å². The molecule has 24 heavy (non-hydrogen) atoms. The fraction of sp³-hybridized carbons (Fsp3) is 0.278. The molecule has 1 aromatic heterocycles. The van der Waals surface area contributed by atoms with Crippen molar-refractivity contribution in [3.63, 3.8) is 0 Å². The second kappa shape index (κ2) is 7.12. The Morgan fingerprint density at radius 1 is 1.33 bits per heavy atom. The van der Waals surface area contributed by atoms with Crippen molar-refractivity contribution < 1.29 is 19.1 Å². The summed E-state index contributed by atoms with van der Waals surface area (Å²) in [6.45, 7) is 1.94. The highest BCUT2D eigenvalue weighted by Gasteiger charge is 2.28. The van der Waals surface area contributed by atoms with Crippen molar-refractivity contribution in [3.05, 3.63) is 53.9 Å². The lowest BCUT2D eigenvalue weighted by Crippen LogP contribution is -2.35. The summed E-state index contributed by atoms with van der Waals surface area (Å²) in [6, 6.07) is 8.88. The van der Waals surface area contributed by atoms with Gasteiger partial charge in [-0.25, -0.2) is 4.79 Å². The predicted molar refractivity (Wildman–Crippen MR) is 88.0 cm³/mol. The van der Waals surface area contributed by atoms with Crippen LogP contribution in [0, 0.1) is 0 Å². The molecule has 1 aliphatic heterocycles. The monoisotopic (exact) mass is 326 g/mol. The molecule has 1 N–H and O–H groups in total. The van der Waals surface area contributed by atoms with Gasteiger partial charge >= 0.3 is 5.97 Å². The smallest absolute Gasteiger partial charge is 0.342 e. The van der Waals surface area contributed by atoms with E-state index in [9.17, 15) is 9.59 Å². The fourth-order valence-electron chi connectivity index (χ4n) is 2.45. The molecule has 6 heteroatoms. The zero-order valence-corrected chi connectivity index (χ0v) is 13.3. The third kappa shape index (κ3) is 3.53. The molecule has 0 bridgehead atoms. The molecule has 0 saturated heterocycles. The van der Waals surface area contributed by atoms with Gasteiger partial charge in [0.15, 0.2) is 11.9 Å². The first-order valence-corrected chi connectivity index (χ1v) is 7.81. The molecule has 1 amide bonds. The number of para-hydroxylation sites is 1. The van der Waals surface area contributed by atoms with E-state index >= 15 is 0 Å². The minimum Gasteiger partial charge on any atom is -0.478 e. The molecule has 0 radical (unpaired) electrons. The van der Waals surface area contributed by atoms with E-state index in [-0.39, 0.29) is 5.91 Å². The second-order valence-electron chi connectivity index (χ2n) is 5.53. The summed E-state index contributed by atoms with van der Waals surface area (Å²) in [5.41, 5.74) is 1.91. The van der Waals surface area contributed by atoms with Gasteiger partial charge in [-0.2, -0.15) is 0 Å². The molecule has 0 fully saturated rings. The Balaban J connectivity index is 1.60. The Labute approximate surface area is 139 Å². The number of aromatic nitrogens is 1. The molecule has 1 aliphatic rings. The Bertz CT molecular complexity index is 746. The largest absolute Gasteiger partial charge is 0.478 e. The molecular weight excluding hydrogens is 308 g/mol. The van der Waals surface area contributed by atoms with Crippen LogP contribution in [-0.2, 0) is 16.0 Å². The minimum absolute atomic E-state index is 0.232. The number of anilines is 1. The first-order chi connectivity index (χ1) is 11.6. The molecule has 3 rings (SSSR count). The zero-order chi connectivity index (χ0) is 16.9. The number of carbonyl (C=O) groups is 2. The van der Waals surface area contributed by atoms with Crippen molar-refractivity contribution >= 4 is 17.6 Å². The van der Waals surface area contributed by atoms with Crippen LogP contribution in [0.15, 0.2) is 42.7 Å². The molecule has 124 valence electrons. The van der Waals surface area contributed by atoms with E-state index in [1.54, 1.807) is 37.5 Å². The third-order valence-corrected chi connectivity index (χ3v) is 3.72. The normalized spacial score (nSPS) is 15.9. The summed E-state index contributed by atoms with van der Waals surface area (Å²) in [5.74, 6) is -0.326. The van der Waals surface area contributed by atoms with Crippen LogP contribution in [0.3, 0.4) is 0 Å². The number of ether oxygens (including phenoxy) is 2. The Morgan fingerprint density at radius 3 is 3.00 bits per heavy atom. The molecule has 1 aromatic carbocycles. The maximum Gasteiger partial charge on any atom is 0.342 e. The highest BCUT2D eigenvalue weighted by atomic mass is 16.5. The van der Waals surface area contributed by atoms with Crippen molar-refractivity contribution in [2.45, 2.75) is 25.9 Å². The lowest BCUT2D eigenvalue weighted by molar-refractivity contribution is -0.122. The predicted octanol–water partition coefficient (Wildman–Crippen LogP) is 2.59. The molecule has 0 saturated carbocycles. The molecule has 0 aliphatic carbocycles. The number of fused-ring (bicyclic) bond motifs is 1. The summed E-state index contributed by atoms with van der Waals surface area (Å²) in [6.07, 6.45) is 4.38. The Morgan fingerprint density at radius 2 is 2.21 bits per heavy atom. The fourth-order valence-corrected chi connectivity index (χ4v) is 2.45. The number of nitrogens with zero attached hydrogens (tertiary/aromatic N) is 1. The lowest BCUT2D eigenvalue weighted by Gasteiger charge is -2.24. The summed E-state index contributed by atoms with van der Waals surface area (Å²) >= 11 is 0. The zero-order valence-electron chi connectivity index (χ0n) is 13.3. The SMILES string of the molecule is C[C@H]1Oc2c(cccc2C(=O)OCCCc2cccnc2)NC1=O. The van der Waals surface area contributed by atoms with E-state index in [0.29, 0.717) is 30.0 Å². The van der Waals surface area contributed by atoms with Crippen LogP contribution in [0.1, 0.15) is 29.3 Å². The van der Waals surface area contributed by atoms with Crippen LogP contribution in [0.4, 0.5) is 5.69 Å². The molecule has 1 atom stereocenters. The number of rotatable bonds is 5. The van der Waals surface area contributed by atoms with E-state index < -0.39 is 12.1 Å². The van der Waals surface area contributed by atoms with E-state index in [4.69, 9.17) is 9.47 Å². The van der Waals surface area contributed by atoms with Crippen LogP contribution in [0.25, 0.3) is 0 Å². The Hall–Kier alpha value is -2.89. The number of hydrogen-bond acceptors (Lipinski definition) is 5. The summed E-state index contributed by atoms with van der Waals surface area (Å²) in [5, 5.41) is 2.72. The van der Waals surface area contributed by atoms with Crippen molar-refractivity contribution in [3.8, 4) is 5.75 Å². The minimum atomic E-state index is -0.642. The quantitative estimate of drug-likeness (QED) is 0.675. The van der Waals surface area contributed by atoms with Crippen LogP contribution in [0.2, 0.25) is 0 Å². The van der Waals surface area contributed by atoms with Crippen molar-refractivity contribution in [2.24, 2.45) is 0 Å². The first kappa shape index (κ1) is 16.0. The standard InChI is InChI=1S/C18H18N2O4/c1-12-17(21)20-15-8-2-7-14(16(15)24-12)18(22)23-10-4-6-13-5-3-9-19-11-13/h2-3,5,7-9,11-12H,4,6,10H2,1H3,(H,20,21)/t12-/m1/s1. The van der Waals surface area contributed by atoms with Crippen molar-refractivity contribution in [2.75, 3.05) is 11.9 Å². The molecular formula is C18H18N2O4. The highest BCUT2D eigenvalue weighted by molar-refractivity contribution is 6.02. The van der Waals surface area contributed by atoms with Crippen LogP contribution in [0.5, 0.6) is 5.75 Å². The number of hydrogen-bond donors (Lipinski definition) is 1. The number of amides is 1. The lowest BCUT2D eigenvalue weighted by atomic mass is 10.1. The van der Waals surface area contributed by atoms with Gasteiger partial charge in [-0.15, -0.1) is 0 Å². The van der Waals surface area contributed by atoms with Crippen LogP contribution >= 0.6 is 0 Å². The van der Waals surface area contributed by atoms with Crippen LogP contribution in [-0.4, -0.2) is 29.6 Å². The second-order valence-corrected chi connectivity index (χ2v) is 5.53. The van der Waals surface area contributed by atoms with Gasteiger partial charge in [0.1, 0.15) is 5.56 Å². The van der Waals surface area contributed by atoms with Gasteiger partial charge in [0.25, 0.3) is 5.91 Å². The number of benzene rings is 1. The average Bonchev–Trinajstić information content (AvgIpc) is 2.60. The van der Waals surface area contributed by atoms with Crippen LogP contribution < -0.4 is 10.1 Å². The summed E-state index contributed by atoms with van der Waals surface area (Å²) in [4.78, 5) is 28.0. The summed E-state index contributed by atoms with van der Waals surface area (Å²) < 4.78 is 10.9. The number of pyridine rings is 1. The highest BCUT2D eigenvalue weighted by Crippen LogP contribution is 2.33. The molecule has 0 spiro atoms. The van der Waals surface area contributed by atoms with E-state index in [1.165, 1.54) is 0 Å². The van der Waals surface area contributed by atoms with Gasteiger partial charge in [0.2, 0.25) is 0 Å². The number of carbonyl (C=O) groups excluding carboxylic acids is 2. The van der Waals surface area contributed by atoms with E-state index in [0.717, 1.165) is 12.0 Å². The van der Waals surface area contributed by atoms with Crippen molar-refractivity contribution in [1.29, 1.82) is 0 Å². The number of esters is 1. The molecule has 6 nitrogen and oxygen atoms in total. The Kier molecular flexibility index (Phi) is 4.74. The van der Waals surface area contributed by atoms with Gasteiger partial charge in [-0.05, 0) is 43.5 Å². The van der Waals surface area contributed by atoms with Gasteiger partial charge in [-0.1, -0.05) is 12.1 Å². The van der Waals surface area contributed by atoms with Gasteiger partial charge in [-0.3, -0.25) is 9.78 Å². The van der Waals surface area contributed by atoms with E-state index in [1.807, 2.05) is 12.1 Å². The van der Waals surface area contributed by atoms with Gasteiger partial charge < -0.3 is 14.8 Å². The first-order valence-electron chi connectivity index (χ1n) is 7.81. The maximum absolute atomic E-state index is 12.3. The topological polar surface area (TPSA) is 77.5 Å². The number of aryl methyl sites for hydroxylation is 1. The number of nitrogens with one attached hydrogen (secondary N) is 1. The molecule has 2 aromatic rings. The van der Waals surface area contributed by atoms with Gasteiger partial charge in [0, 0.05) is 12.4 Å². The third-order valence-electron chi connectivity index (χ3n) is 3.72.